The molecular formula is C20H28ClN. The lowest BCUT2D eigenvalue weighted by Gasteiger charge is -2.22. The van der Waals surface area contributed by atoms with E-state index in [1.807, 2.05) is 0 Å². The Morgan fingerprint density at radius 2 is 1.23 bits per heavy atom. The van der Waals surface area contributed by atoms with E-state index in [1.54, 1.807) is 0 Å². The van der Waals surface area contributed by atoms with Gasteiger partial charge in [-0.2, -0.15) is 0 Å². The number of hydrogen-bond acceptors (Lipinski definition) is 1. The van der Waals surface area contributed by atoms with Gasteiger partial charge in [-0.05, 0) is 43.6 Å². The Hall–Kier alpha value is -1.31. The van der Waals surface area contributed by atoms with Crippen LogP contribution in [0.15, 0.2) is 60.7 Å². The van der Waals surface area contributed by atoms with Crippen LogP contribution in [0, 0.1) is 0 Å². The molecule has 0 saturated carbocycles. The monoisotopic (exact) mass is 317 g/mol. The molecule has 0 bridgehead atoms. The summed E-state index contributed by atoms with van der Waals surface area (Å²) in [4.78, 5) is 2.51. The van der Waals surface area contributed by atoms with Crippen LogP contribution in [0.25, 0.3) is 0 Å². The molecule has 0 atom stereocenters. The quantitative estimate of drug-likeness (QED) is 0.633. The van der Waals surface area contributed by atoms with Crippen molar-refractivity contribution in [1.82, 2.24) is 4.90 Å². The van der Waals surface area contributed by atoms with Crippen molar-refractivity contribution in [2.75, 3.05) is 19.6 Å². The van der Waals surface area contributed by atoms with Crippen molar-refractivity contribution in [3.05, 3.63) is 71.8 Å². The zero-order chi connectivity index (χ0) is 14.9. The smallest absolute Gasteiger partial charge is 0.00898 e. The van der Waals surface area contributed by atoms with Gasteiger partial charge in [0.2, 0.25) is 0 Å². The summed E-state index contributed by atoms with van der Waals surface area (Å²) in [5.74, 6) is 0.517. The normalized spacial score (nSPS) is 10.7. The van der Waals surface area contributed by atoms with Crippen molar-refractivity contribution in [3.8, 4) is 0 Å². The van der Waals surface area contributed by atoms with Crippen LogP contribution in [0.1, 0.15) is 43.7 Å². The van der Waals surface area contributed by atoms with E-state index in [0.717, 1.165) is 13.1 Å². The first-order valence-corrected chi connectivity index (χ1v) is 8.17. The van der Waals surface area contributed by atoms with Gasteiger partial charge in [0.15, 0.2) is 0 Å². The molecule has 0 unspecified atom stereocenters. The van der Waals surface area contributed by atoms with Gasteiger partial charge in [-0.1, -0.05) is 74.5 Å². The van der Waals surface area contributed by atoms with Gasteiger partial charge in [0.25, 0.3) is 0 Å². The van der Waals surface area contributed by atoms with Crippen molar-refractivity contribution in [2.45, 2.75) is 32.6 Å². The fourth-order valence-corrected chi connectivity index (χ4v) is 2.96. The molecule has 0 fully saturated rings. The summed E-state index contributed by atoms with van der Waals surface area (Å²) in [7, 11) is 0. The molecule has 1 nitrogen and oxygen atoms in total. The van der Waals surface area contributed by atoms with E-state index in [0.29, 0.717) is 5.92 Å². The van der Waals surface area contributed by atoms with Crippen LogP contribution in [0.5, 0.6) is 0 Å². The van der Waals surface area contributed by atoms with E-state index in [4.69, 9.17) is 0 Å². The average molecular weight is 318 g/mol. The number of benzene rings is 2. The van der Waals surface area contributed by atoms with Gasteiger partial charge in [-0.25, -0.2) is 0 Å². The van der Waals surface area contributed by atoms with Gasteiger partial charge >= 0.3 is 0 Å². The van der Waals surface area contributed by atoms with Crippen LogP contribution >= 0.6 is 12.4 Å². The maximum absolute atomic E-state index is 2.51. The second-order valence-corrected chi connectivity index (χ2v) is 5.54. The van der Waals surface area contributed by atoms with Gasteiger partial charge in [-0.15, -0.1) is 12.4 Å². The molecule has 0 aliphatic rings. The van der Waals surface area contributed by atoms with Gasteiger partial charge in [-0.3, -0.25) is 0 Å². The Morgan fingerprint density at radius 1 is 0.773 bits per heavy atom. The fourth-order valence-electron chi connectivity index (χ4n) is 2.96. The van der Waals surface area contributed by atoms with Crippen molar-refractivity contribution in [3.63, 3.8) is 0 Å². The number of nitrogens with zero attached hydrogens (tertiary/aromatic N) is 1. The number of halogens is 1. The molecule has 0 amide bonds. The molecule has 0 saturated heterocycles. The highest BCUT2D eigenvalue weighted by Crippen LogP contribution is 2.29. The van der Waals surface area contributed by atoms with Gasteiger partial charge in [0.05, 0.1) is 0 Å². The first-order chi connectivity index (χ1) is 10.3. The summed E-state index contributed by atoms with van der Waals surface area (Å²) >= 11 is 0. The van der Waals surface area contributed by atoms with Crippen molar-refractivity contribution in [1.29, 1.82) is 0 Å². The summed E-state index contributed by atoms with van der Waals surface area (Å²) in [6.45, 7) is 7.99. The van der Waals surface area contributed by atoms with E-state index in [9.17, 15) is 0 Å². The highest BCUT2D eigenvalue weighted by Gasteiger charge is 2.13. The summed E-state index contributed by atoms with van der Waals surface area (Å²) in [6, 6.07) is 21.8. The average Bonchev–Trinajstić information content (AvgIpc) is 2.57. The minimum absolute atomic E-state index is 0. The summed E-state index contributed by atoms with van der Waals surface area (Å²) in [5.41, 5.74) is 2.87. The van der Waals surface area contributed by atoms with E-state index < -0.39 is 0 Å². The predicted octanol–water partition coefficient (Wildman–Crippen LogP) is 5.36. The second-order valence-electron chi connectivity index (χ2n) is 5.54. The molecule has 22 heavy (non-hydrogen) atoms. The predicted molar refractivity (Wildman–Crippen MR) is 99.0 cm³/mol. The Labute approximate surface area is 141 Å². The topological polar surface area (TPSA) is 3.24 Å². The fraction of sp³-hybridized carbons (Fsp3) is 0.400. The molecule has 0 heterocycles. The molecule has 0 N–H and O–H groups in total. The molecular weight excluding hydrogens is 290 g/mol. The van der Waals surface area contributed by atoms with E-state index in [2.05, 4.69) is 79.4 Å². The Morgan fingerprint density at radius 3 is 1.64 bits per heavy atom. The highest BCUT2D eigenvalue weighted by atomic mass is 35.5. The molecule has 0 aromatic heterocycles. The molecule has 2 rings (SSSR count). The Balaban J connectivity index is 0.00000242. The maximum atomic E-state index is 2.51. The molecule has 2 aromatic carbocycles. The number of hydrogen-bond donors (Lipinski definition) is 0. The summed E-state index contributed by atoms with van der Waals surface area (Å²) < 4.78 is 0. The molecule has 0 aliphatic carbocycles. The standard InChI is InChI=1S/C20H27N.ClH/c1-3-21(4-2)17-11-16-20(18-12-7-5-8-13-18)19-14-9-6-10-15-19;/h5-10,12-15,20H,3-4,11,16-17H2,1-2H3;1H. The minimum atomic E-state index is 0. The highest BCUT2D eigenvalue weighted by molar-refractivity contribution is 5.85. The van der Waals surface area contributed by atoms with Crippen LogP contribution in [0.3, 0.4) is 0 Å². The van der Waals surface area contributed by atoms with Crippen molar-refractivity contribution < 1.29 is 0 Å². The Kier molecular flexibility index (Phi) is 8.88. The van der Waals surface area contributed by atoms with Gasteiger partial charge in [0, 0.05) is 5.92 Å². The Bertz CT molecular complexity index is 454. The van der Waals surface area contributed by atoms with Gasteiger partial charge in [0.1, 0.15) is 0 Å². The van der Waals surface area contributed by atoms with Crippen LogP contribution in [0.4, 0.5) is 0 Å². The lowest BCUT2D eigenvalue weighted by Crippen LogP contribution is -2.24. The van der Waals surface area contributed by atoms with Gasteiger partial charge < -0.3 is 4.90 Å². The zero-order valence-corrected chi connectivity index (χ0v) is 14.6. The van der Waals surface area contributed by atoms with E-state index in [1.165, 1.54) is 30.5 Å². The first kappa shape index (κ1) is 18.7. The van der Waals surface area contributed by atoms with Crippen LogP contribution in [0.2, 0.25) is 0 Å². The molecule has 2 heteroatoms. The van der Waals surface area contributed by atoms with E-state index in [-0.39, 0.29) is 12.4 Å². The lowest BCUT2D eigenvalue weighted by atomic mass is 9.87. The van der Waals surface area contributed by atoms with Crippen LogP contribution < -0.4 is 0 Å². The van der Waals surface area contributed by atoms with Crippen LogP contribution in [-0.2, 0) is 0 Å². The molecule has 0 spiro atoms. The second kappa shape index (κ2) is 10.4. The van der Waals surface area contributed by atoms with Crippen molar-refractivity contribution in [2.24, 2.45) is 0 Å². The summed E-state index contributed by atoms with van der Waals surface area (Å²) in [6.07, 6.45) is 2.46. The summed E-state index contributed by atoms with van der Waals surface area (Å²) in [5, 5.41) is 0. The SMILES string of the molecule is CCN(CC)CCCC(c1ccccc1)c1ccccc1.Cl. The molecule has 0 radical (unpaired) electrons. The van der Waals surface area contributed by atoms with Crippen LogP contribution in [-0.4, -0.2) is 24.5 Å². The third-order valence-electron chi connectivity index (χ3n) is 4.27. The largest absolute Gasteiger partial charge is 0.304 e. The zero-order valence-electron chi connectivity index (χ0n) is 13.7. The van der Waals surface area contributed by atoms with E-state index >= 15 is 0 Å². The third-order valence-corrected chi connectivity index (χ3v) is 4.27. The third kappa shape index (κ3) is 5.47. The minimum Gasteiger partial charge on any atom is -0.304 e. The number of rotatable bonds is 8. The molecule has 2 aromatic rings. The lowest BCUT2D eigenvalue weighted by molar-refractivity contribution is 0.295. The first-order valence-electron chi connectivity index (χ1n) is 8.17. The maximum Gasteiger partial charge on any atom is 0.00898 e. The van der Waals surface area contributed by atoms with Crippen molar-refractivity contribution >= 4 is 12.4 Å². The molecule has 0 aliphatic heterocycles. The molecule has 120 valence electrons.